The molecule has 1 heterocycles. The summed E-state index contributed by atoms with van der Waals surface area (Å²) < 4.78 is 15.0. The third-order valence-electron chi connectivity index (χ3n) is 8.49. The average molecular weight is 646 g/mol. The van der Waals surface area contributed by atoms with E-state index in [0.29, 0.717) is 19.3 Å². The monoisotopic (exact) mass is 645 g/mol. The van der Waals surface area contributed by atoms with Gasteiger partial charge in [-0.05, 0) is 49.9 Å². The van der Waals surface area contributed by atoms with Crippen molar-refractivity contribution in [3.8, 4) is 0 Å². The Morgan fingerprint density at radius 2 is 1.57 bits per heavy atom. The van der Waals surface area contributed by atoms with Crippen molar-refractivity contribution in [3.63, 3.8) is 0 Å². The fourth-order valence-corrected chi connectivity index (χ4v) is 5.61. The molecule has 6 atom stereocenters. The molecule has 13 nitrogen and oxygen atoms in total. The Morgan fingerprint density at radius 1 is 0.891 bits per heavy atom. The molecular formula is C32H48FN7O6. The molecule has 0 saturated heterocycles. The van der Waals surface area contributed by atoms with Gasteiger partial charge in [0.1, 0.15) is 23.9 Å². The Balaban J connectivity index is 1.57. The standard InChI is InChI=1S/C32H48FN7O6/c1-6-7-23(28(42)32(46)37-20-9-10-20)38-25(41)14-19-8-11-22(33)21(19)15-36-30(44)26(17(2)3)40-31(45)27(18(4)5)39-29(43)24-16-34-12-13-35-24/h12-13,16-23,26-27H,6-11,14-15H2,1-5H3,(H,36,44)(H,37,46)(H,38,41)(H,39,43)(H,40,45)/t19-,21+,22+,23?,26+,27-/m1/s1. The molecule has 0 spiro atoms. The van der Waals surface area contributed by atoms with Crippen LogP contribution >= 0.6 is 0 Å². The van der Waals surface area contributed by atoms with Crippen molar-refractivity contribution in [1.82, 2.24) is 36.6 Å². The number of nitrogens with zero attached hydrogens (tertiary/aromatic N) is 2. The fourth-order valence-electron chi connectivity index (χ4n) is 5.61. The summed E-state index contributed by atoms with van der Waals surface area (Å²) in [5, 5.41) is 13.5. The number of hydrogen-bond acceptors (Lipinski definition) is 8. The molecule has 3 rings (SSSR count). The van der Waals surface area contributed by atoms with Crippen molar-refractivity contribution >= 4 is 35.3 Å². The second-order valence-electron chi connectivity index (χ2n) is 13.0. The molecule has 2 aliphatic rings. The van der Waals surface area contributed by atoms with Gasteiger partial charge >= 0.3 is 0 Å². The van der Waals surface area contributed by atoms with Gasteiger partial charge in [-0.2, -0.15) is 0 Å². The van der Waals surface area contributed by atoms with E-state index in [0.717, 1.165) is 12.8 Å². The zero-order chi connectivity index (χ0) is 34.0. The molecule has 2 saturated carbocycles. The van der Waals surface area contributed by atoms with Gasteiger partial charge in [-0.15, -0.1) is 0 Å². The number of aromatic nitrogens is 2. The number of hydrogen-bond donors (Lipinski definition) is 5. The molecule has 0 radical (unpaired) electrons. The number of ketones is 1. The normalized spacial score (nSPS) is 21.2. The van der Waals surface area contributed by atoms with Gasteiger partial charge in [-0.3, -0.25) is 33.8 Å². The van der Waals surface area contributed by atoms with Crippen molar-refractivity contribution in [1.29, 1.82) is 0 Å². The first-order valence-electron chi connectivity index (χ1n) is 16.2. The summed E-state index contributed by atoms with van der Waals surface area (Å²) in [4.78, 5) is 84.9. The molecule has 0 aromatic carbocycles. The van der Waals surface area contributed by atoms with E-state index in [1.165, 1.54) is 18.6 Å². The maximum Gasteiger partial charge on any atom is 0.289 e. The molecule has 1 unspecified atom stereocenters. The van der Waals surface area contributed by atoms with Crippen LogP contribution in [0.2, 0.25) is 0 Å². The average Bonchev–Trinajstić information content (AvgIpc) is 3.77. The highest BCUT2D eigenvalue weighted by Gasteiger charge is 2.39. The largest absolute Gasteiger partial charge is 0.354 e. The summed E-state index contributed by atoms with van der Waals surface area (Å²) in [6.07, 6.45) is 5.98. The van der Waals surface area contributed by atoms with Crippen LogP contribution in [0.15, 0.2) is 18.6 Å². The van der Waals surface area contributed by atoms with Crippen LogP contribution in [0.25, 0.3) is 0 Å². The summed E-state index contributed by atoms with van der Waals surface area (Å²) in [5.41, 5.74) is 0.0474. The Kier molecular flexibility index (Phi) is 13.6. The first kappa shape index (κ1) is 36.5. The van der Waals surface area contributed by atoms with Crippen LogP contribution in [-0.4, -0.2) is 82.2 Å². The number of Topliss-reactive ketones (excluding diaryl/α,β-unsaturated/α-hetero) is 1. The second kappa shape index (κ2) is 17.1. The van der Waals surface area contributed by atoms with Crippen molar-refractivity contribution in [2.24, 2.45) is 23.7 Å². The fraction of sp³-hybridized carbons (Fsp3) is 0.688. The molecule has 0 bridgehead atoms. The highest BCUT2D eigenvalue weighted by molar-refractivity contribution is 6.38. The van der Waals surface area contributed by atoms with Crippen molar-refractivity contribution in [2.45, 2.75) is 110 Å². The minimum absolute atomic E-state index is 0.0152. The van der Waals surface area contributed by atoms with Crippen molar-refractivity contribution in [2.75, 3.05) is 6.54 Å². The lowest BCUT2D eigenvalue weighted by atomic mass is 9.91. The number of alkyl halides is 1. The first-order valence-corrected chi connectivity index (χ1v) is 16.2. The number of carbonyl (C=O) groups is 6. The third kappa shape index (κ3) is 10.5. The van der Waals surface area contributed by atoms with E-state index in [-0.39, 0.29) is 48.9 Å². The van der Waals surface area contributed by atoms with E-state index in [4.69, 9.17) is 0 Å². The molecular weight excluding hydrogens is 597 g/mol. The van der Waals surface area contributed by atoms with Crippen LogP contribution in [0.4, 0.5) is 4.39 Å². The molecule has 2 fully saturated rings. The summed E-state index contributed by atoms with van der Waals surface area (Å²) in [6.45, 7) is 8.83. The number of nitrogens with one attached hydrogen (secondary N) is 5. The van der Waals surface area contributed by atoms with Crippen LogP contribution in [0.3, 0.4) is 0 Å². The molecule has 5 amide bonds. The number of halogens is 1. The van der Waals surface area contributed by atoms with E-state index in [2.05, 4.69) is 36.6 Å². The summed E-state index contributed by atoms with van der Waals surface area (Å²) >= 11 is 0. The van der Waals surface area contributed by atoms with Gasteiger partial charge in [0.25, 0.3) is 11.8 Å². The van der Waals surface area contributed by atoms with Crippen LogP contribution in [0, 0.1) is 23.7 Å². The molecule has 2 aliphatic carbocycles. The number of rotatable bonds is 17. The van der Waals surface area contributed by atoms with Gasteiger partial charge in [0.15, 0.2) is 0 Å². The van der Waals surface area contributed by atoms with E-state index in [1.807, 2.05) is 6.92 Å². The summed E-state index contributed by atoms with van der Waals surface area (Å²) in [6, 6.07) is -2.86. The predicted octanol–water partition coefficient (Wildman–Crippen LogP) is 1.38. The predicted molar refractivity (Wildman–Crippen MR) is 167 cm³/mol. The maximum absolute atomic E-state index is 15.0. The van der Waals surface area contributed by atoms with Crippen LogP contribution in [-0.2, 0) is 24.0 Å². The molecule has 0 aliphatic heterocycles. The smallest absolute Gasteiger partial charge is 0.289 e. The highest BCUT2D eigenvalue weighted by Crippen LogP contribution is 2.36. The van der Waals surface area contributed by atoms with Crippen LogP contribution < -0.4 is 26.6 Å². The zero-order valence-corrected chi connectivity index (χ0v) is 27.3. The lowest BCUT2D eigenvalue weighted by Crippen LogP contribution is -2.57. The van der Waals surface area contributed by atoms with Crippen LogP contribution in [0.5, 0.6) is 0 Å². The molecule has 14 heteroatoms. The van der Waals surface area contributed by atoms with Gasteiger partial charge in [-0.1, -0.05) is 41.0 Å². The quantitative estimate of drug-likeness (QED) is 0.157. The maximum atomic E-state index is 15.0. The number of carbonyl (C=O) groups excluding carboxylic acids is 6. The van der Waals surface area contributed by atoms with E-state index >= 15 is 4.39 Å². The Labute approximate surface area is 269 Å². The Hall–Kier alpha value is -3.97. The SMILES string of the molecule is CCCC(NC(=O)C[C@H]1CC[C@H](F)[C@H]1CNC(=O)[C@@H](NC(=O)[C@H](NC(=O)c1cnccn1)C(C)C)C(C)C)C(=O)C(=O)NC1CC1. The van der Waals surface area contributed by atoms with Gasteiger partial charge in [0.05, 0.1) is 12.2 Å². The molecule has 1 aromatic heterocycles. The molecule has 46 heavy (non-hydrogen) atoms. The highest BCUT2D eigenvalue weighted by atomic mass is 19.1. The Bertz CT molecular complexity index is 1240. The van der Waals surface area contributed by atoms with E-state index < -0.39 is 65.5 Å². The molecule has 1 aromatic rings. The molecule has 5 N–H and O–H groups in total. The van der Waals surface area contributed by atoms with Gasteiger partial charge in [-0.25, -0.2) is 9.37 Å². The third-order valence-corrected chi connectivity index (χ3v) is 8.49. The molecule has 254 valence electrons. The number of amides is 5. The lowest BCUT2D eigenvalue weighted by Gasteiger charge is -2.28. The second-order valence-corrected chi connectivity index (χ2v) is 13.0. The van der Waals surface area contributed by atoms with Gasteiger partial charge < -0.3 is 26.6 Å². The van der Waals surface area contributed by atoms with Crippen molar-refractivity contribution in [3.05, 3.63) is 24.3 Å². The van der Waals surface area contributed by atoms with Gasteiger partial charge in [0, 0.05) is 37.3 Å². The lowest BCUT2D eigenvalue weighted by molar-refractivity contribution is -0.140. The minimum atomic E-state index is -1.25. The Morgan fingerprint density at radius 3 is 2.15 bits per heavy atom. The van der Waals surface area contributed by atoms with Gasteiger partial charge in [0.2, 0.25) is 23.5 Å². The summed E-state index contributed by atoms with van der Waals surface area (Å²) in [5.74, 6) is -5.15. The first-order chi connectivity index (χ1) is 21.8. The van der Waals surface area contributed by atoms with E-state index in [9.17, 15) is 28.8 Å². The zero-order valence-electron chi connectivity index (χ0n) is 27.3. The van der Waals surface area contributed by atoms with E-state index in [1.54, 1.807) is 27.7 Å². The minimum Gasteiger partial charge on any atom is -0.354 e. The topological polar surface area (TPSA) is 188 Å². The summed E-state index contributed by atoms with van der Waals surface area (Å²) in [7, 11) is 0. The van der Waals surface area contributed by atoms with Crippen LogP contribution in [0.1, 0.15) is 90.1 Å². The van der Waals surface area contributed by atoms with Crippen molar-refractivity contribution < 1.29 is 33.2 Å².